The number of halogens is 2. The first kappa shape index (κ1) is 8.45. The molecule has 0 aromatic heterocycles. The predicted molar refractivity (Wildman–Crippen MR) is 49.6 cm³/mol. The minimum atomic E-state index is -2.49. The molecule has 3 aliphatic rings. The Morgan fingerprint density at radius 2 is 2.21 bits per heavy atom. The van der Waals surface area contributed by atoms with Gasteiger partial charge in [-0.2, -0.15) is 0 Å². The van der Waals surface area contributed by atoms with E-state index in [1.807, 2.05) is 12.2 Å². The van der Waals surface area contributed by atoms with E-state index >= 15 is 0 Å². The zero-order valence-corrected chi connectivity index (χ0v) is 7.84. The van der Waals surface area contributed by atoms with Crippen molar-refractivity contribution in [3.05, 3.63) is 23.9 Å². The summed E-state index contributed by atoms with van der Waals surface area (Å²) in [6.07, 6.45) is 6.90. The van der Waals surface area contributed by atoms with Crippen molar-refractivity contribution in [3.8, 4) is 0 Å². The molecule has 3 atom stereocenters. The van der Waals surface area contributed by atoms with E-state index in [0.29, 0.717) is 18.5 Å². The van der Waals surface area contributed by atoms with Crippen LogP contribution in [0.2, 0.25) is 0 Å². The molecular formula is C11H13F2N. The minimum Gasteiger partial charge on any atom is -0.402 e. The minimum absolute atomic E-state index is 0.0397. The molecule has 14 heavy (non-hydrogen) atoms. The number of nitrogens with two attached hydrogens (primary N) is 1. The first-order chi connectivity index (χ1) is 6.55. The number of hydrogen-bond acceptors (Lipinski definition) is 1. The smallest absolute Gasteiger partial charge is 0.251 e. The summed E-state index contributed by atoms with van der Waals surface area (Å²) in [5.41, 5.74) is 6.16. The molecule has 2 N–H and O–H groups in total. The Morgan fingerprint density at radius 1 is 1.43 bits per heavy atom. The van der Waals surface area contributed by atoms with Crippen molar-refractivity contribution >= 4 is 0 Å². The van der Waals surface area contributed by atoms with Crippen LogP contribution in [0, 0.1) is 17.3 Å². The third kappa shape index (κ3) is 0.787. The second kappa shape index (κ2) is 2.20. The molecule has 2 saturated carbocycles. The number of rotatable bonds is 0. The Balaban J connectivity index is 2.06. The highest BCUT2D eigenvalue weighted by atomic mass is 19.3. The standard InChI is InChI=1S/C11H13F2N/c12-11(13)6-10-5-8(11)4-7(10)2-1-3-9(10)14/h1-3,7-8H,4-6,14H2. The summed E-state index contributed by atoms with van der Waals surface area (Å²) < 4.78 is 26.9. The average molecular weight is 197 g/mol. The van der Waals surface area contributed by atoms with Gasteiger partial charge in [-0.3, -0.25) is 0 Å². The van der Waals surface area contributed by atoms with Crippen molar-refractivity contribution in [2.75, 3.05) is 0 Å². The summed E-state index contributed by atoms with van der Waals surface area (Å²) in [6, 6.07) is 0. The van der Waals surface area contributed by atoms with Gasteiger partial charge in [-0.15, -0.1) is 0 Å². The molecule has 3 heteroatoms. The molecule has 0 saturated heterocycles. The number of allylic oxidation sites excluding steroid dienone is 4. The maximum atomic E-state index is 13.5. The van der Waals surface area contributed by atoms with Crippen LogP contribution in [-0.4, -0.2) is 5.92 Å². The van der Waals surface area contributed by atoms with Gasteiger partial charge in [0.05, 0.1) is 0 Å². The summed E-state index contributed by atoms with van der Waals surface area (Å²) in [5, 5.41) is 0. The van der Waals surface area contributed by atoms with E-state index in [0.717, 1.165) is 0 Å². The molecule has 0 aromatic carbocycles. The molecule has 0 aromatic rings. The van der Waals surface area contributed by atoms with E-state index in [2.05, 4.69) is 0 Å². The van der Waals surface area contributed by atoms with Crippen LogP contribution in [0.5, 0.6) is 0 Å². The molecular weight excluding hydrogens is 184 g/mol. The Morgan fingerprint density at radius 3 is 2.93 bits per heavy atom. The Bertz CT molecular complexity index is 345. The Hall–Kier alpha value is -0.860. The second-order valence-corrected chi connectivity index (χ2v) is 4.84. The van der Waals surface area contributed by atoms with Gasteiger partial charge in [0.2, 0.25) is 0 Å². The van der Waals surface area contributed by atoms with Crippen LogP contribution < -0.4 is 5.73 Å². The maximum absolute atomic E-state index is 13.5. The first-order valence-corrected chi connectivity index (χ1v) is 5.07. The first-order valence-electron chi connectivity index (χ1n) is 5.07. The van der Waals surface area contributed by atoms with E-state index in [-0.39, 0.29) is 12.3 Å². The molecule has 3 unspecified atom stereocenters. The fraction of sp³-hybridized carbons (Fsp3) is 0.636. The lowest BCUT2D eigenvalue weighted by Gasteiger charge is -2.38. The van der Waals surface area contributed by atoms with E-state index < -0.39 is 17.3 Å². The molecule has 0 amide bonds. The Labute approximate surface area is 81.7 Å². The van der Waals surface area contributed by atoms with Crippen molar-refractivity contribution in [3.63, 3.8) is 0 Å². The summed E-state index contributed by atoms with van der Waals surface area (Å²) in [7, 11) is 0. The van der Waals surface area contributed by atoms with Crippen LogP contribution in [0.4, 0.5) is 8.78 Å². The van der Waals surface area contributed by atoms with Crippen LogP contribution in [0.15, 0.2) is 23.9 Å². The third-order valence-electron chi connectivity index (χ3n) is 4.20. The molecule has 0 radical (unpaired) electrons. The molecule has 2 fully saturated rings. The van der Waals surface area contributed by atoms with Crippen molar-refractivity contribution < 1.29 is 8.78 Å². The van der Waals surface area contributed by atoms with E-state index in [1.165, 1.54) is 0 Å². The highest BCUT2D eigenvalue weighted by molar-refractivity contribution is 5.33. The van der Waals surface area contributed by atoms with Gasteiger partial charge in [0.15, 0.2) is 0 Å². The van der Waals surface area contributed by atoms with Crippen molar-refractivity contribution in [1.82, 2.24) is 0 Å². The Kier molecular flexibility index (Phi) is 1.33. The second-order valence-electron chi connectivity index (χ2n) is 4.84. The zero-order chi connectivity index (χ0) is 9.97. The van der Waals surface area contributed by atoms with Gasteiger partial charge >= 0.3 is 0 Å². The van der Waals surface area contributed by atoms with Crippen LogP contribution in [0.25, 0.3) is 0 Å². The monoisotopic (exact) mass is 197 g/mol. The molecule has 76 valence electrons. The lowest BCUT2D eigenvalue weighted by Crippen LogP contribution is -2.37. The van der Waals surface area contributed by atoms with Gasteiger partial charge in [-0.25, -0.2) is 8.78 Å². The SMILES string of the molecule is NC1=CC=CC2CC3CC12CC3(F)F. The zero-order valence-electron chi connectivity index (χ0n) is 7.84. The number of hydrogen-bond donors (Lipinski definition) is 1. The van der Waals surface area contributed by atoms with Gasteiger partial charge in [-0.1, -0.05) is 12.2 Å². The fourth-order valence-corrected chi connectivity index (χ4v) is 3.45. The largest absolute Gasteiger partial charge is 0.402 e. The van der Waals surface area contributed by atoms with E-state index in [1.54, 1.807) is 6.08 Å². The van der Waals surface area contributed by atoms with Crippen LogP contribution >= 0.6 is 0 Å². The van der Waals surface area contributed by atoms with Crippen molar-refractivity contribution in [2.24, 2.45) is 23.0 Å². The molecule has 0 heterocycles. The molecule has 3 rings (SSSR count). The number of fused-ring (bicyclic) bond motifs is 1. The quantitative estimate of drug-likeness (QED) is 0.634. The van der Waals surface area contributed by atoms with Crippen LogP contribution in [-0.2, 0) is 0 Å². The average Bonchev–Trinajstić information content (AvgIpc) is 2.56. The number of alkyl halides is 2. The highest BCUT2D eigenvalue weighted by Crippen LogP contribution is 2.66. The predicted octanol–water partition coefficient (Wildman–Crippen LogP) is 2.45. The highest BCUT2D eigenvalue weighted by Gasteiger charge is 2.65. The summed E-state index contributed by atoms with van der Waals surface area (Å²) in [6.45, 7) is 0. The van der Waals surface area contributed by atoms with Crippen molar-refractivity contribution in [1.29, 1.82) is 0 Å². The summed E-state index contributed by atoms with van der Waals surface area (Å²) in [5.74, 6) is -2.67. The lowest BCUT2D eigenvalue weighted by atomic mass is 9.70. The normalized spacial score (nSPS) is 47.7. The fourth-order valence-electron chi connectivity index (χ4n) is 3.45. The topological polar surface area (TPSA) is 26.0 Å². The van der Waals surface area contributed by atoms with Gasteiger partial charge in [-0.05, 0) is 24.8 Å². The van der Waals surface area contributed by atoms with Gasteiger partial charge in [0, 0.05) is 23.5 Å². The van der Waals surface area contributed by atoms with Crippen LogP contribution in [0.1, 0.15) is 19.3 Å². The lowest BCUT2D eigenvalue weighted by molar-refractivity contribution is -0.0659. The van der Waals surface area contributed by atoms with E-state index in [9.17, 15) is 8.78 Å². The van der Waals surface area contributed by atoms with E-state index in [4.69, 9.17) is 5.73 Å². The third-order valence-corrected chi connectivity index (χ3v) is 4.20. The molecule has 2 bridgehead atoms. The van der Waals surface area contributed by atoms with Crippen molar-refractivity contribution in [2.45, 2.75) is 25.2 Å². The molecule has 0 aliphatic heterocycles. The van der Waals surface area contributed by atoms with Gasteiger partial charge in [0.25, 0.3) is 5.92 Å². The molecule has 1 nitrogen and oxygen atoms in total. The van der Waals surface area contributed by atoms with Gasteiger partial charge in [0.1, 0.15) is 0 Å². The maximum Gasteiger partial charge on any atom is 0.251 e. The summed E-state index contributed by atoms with van der Waals surface area (Å²) >= 11 is 0. The molecule has 3 aliphatic carbocycles. The summed E-state index contributed by atoms with van der Waals surface area (Å²) in [4.78, 5) is 0. The molecule has 1 spiro atoms. The van der Waals surface area contributed by atoms with Crippen LogP contribution in [0.3, 0.4) is 0 Å². The van der Waals surface area contributed by atoms with Gasteiger partial charge < -0.3 is 5.73 Å².